The van der Waals surface area contributed by atoms with Gasteiger partial charge in [0.05, 0.1) is 6.10 Å². The molecule has 1 spiro atoms. The van der Waals surface area contributed by atoms with Crippen LogP contribution in [0.2, 0.25) is 0 Å². The third kappa shape index (κ3) is 3.92. The van der Waals surface area contributed by atoms with Crippen LogP contribution >= 0.6 is 0 Å². The fourth-order valence-corrected chi connectivity index (χ4v) is 5.07. The average Bonchev–Trinajstić information content (AvgIpc) is 3.37. The van der Waals surface area contributed by atoms with Gasteiger partial charge >= 0.3 is 0 Å². The molecule has 0 radical (unpaired) electrons. The smallest absolute Gasteiger partial charge is 0.276 e. The number of rotatable bonds is 4. The number of aromatic nitrogens is 1. The van der Waals surface area contributed by atoms with E-state index in [4.69, 9.17) is 9.26 Å². The van der Waals surface area contributed by atoms with Crippen molar-refractivity contribution in [2.75, 3.05) is 32.8 Å². The molecule has 27 heavy (non-hydrogen) atoms. The third-order valence-corrected chi connectivity index (χ3v) is 6.65. The largest absolute Gasteiger partial charge is 0.377 e. The van der Waals surface area contributed by atoms with E-state index in [1.165, 1.54) is 12.8 Å². The van der Waals surface area contributed by atoms with E-state index in [1.54, 1.807) is 0 Å². The van der Waals surface area contributed by atoms with Crippen LogP contribution in [0.4, 0.5) is 0 Å². The number of likely N-dealkylation sites (tertiary alicyclic amines) is 2. The molecule has 3 saturated heterocycles. The summed E-state index contributed by atoms with van der Waals surface area (Å²) >= 11 is 0. The van der Waals surface area contributed by atoms with Gasteiger partial charge in [-0.05, 0) is 51.5 Å². The molecule has 3 aliphatic heterocycles. The van der Waals surface area contributed by atoms with E-state index in [9.17, 15) is 4.79 Å². The van der Waals surface area contributed by atoms with E-state index < -0.39 is 0 Å². The Labute approximate surface area is 162 Å². The van der Waals surface area contributed by atoms with E-state index in [0.29, 0.717) is 11.8 Å². The molecule has 2 atom stereocenters. The normalized spacial score (nSPS) is 29.7. The van der Waals surface area contributed by atoms with Gasteiger partial charge in [-0.2, -0.15) is 0 Å². The number of carbonyl (C=O) groups is 1. The van der Waals surface area contributed by atoms with Crippen molar-refractivity contribution in [2.24, 2.45) is 0 Å². The van der Waals surface area contributed by atoms with Gasteiger partial charge in [-0.15, -0.1) is 0 Å². The quantitative estimate of drug-likeness (QED) is 0.807. The Bertz CT molecular complexity index is 653. The lowest BCUT2D eigenvalue weighted by molar-refractivity contribution is 0.0527. The molecule has 0 bridgehead atoms. The van der Waals surface area contributed by atoms with Crippen LogP contribution in [0.1, 0.15) is 81.0 Å². The minimum Gasteiger partial charge on any atom is -0.377 e. The van der Waals surface area contributed by atoms with Crippen LogP contribution in [-0.4, -0.2) is 65.3 Å². The van der Waals surface area contributed by atoms with Gasteiger partial charge in [0.1, 0.15) is 5.76 Å². The van der Waals surface area contributed by atoms with Crippen LogP contribution in [0.3, 0.4) is 0 Å². The molecule has 1 aromatic heterocycles. The SMILES string of the molecule is CC(C)c1cc(C(=O)N2CCC[C@@]23CCCN(C[C@@H]2CCCO2)CC3)no1. The van der Waals surface area contributed by atoms with E-state index >= 15 is 0 Å². The second-order valence-electron chi connectivity index (χ2n) is 8.84. The highest BCUT2D eigenvalue weighted by molar-refractivity contribution is 5.93. The Morgan fingerprint density at radius 2 is 2.04 bits per heavy atom. The van der Waals surface area contributed by atoms with Crippen LogP contribution in [0.25, 0.3) is 0 Å². The number of carbonyl (C=O) groups excluding carboxylic acids is 1. The Kier molecular flexibility index (Phi) is 5.55. The summed E-state index contributed by atoms with van der Waals surface area (Å²) in [5.41, 5.74) is 0.472. The van der Waals surface area contributed by atoms with Crippen molar-refractivity contribution in [1.82, 2.24) is 15.0 Å². The number of nitrogens with zero attached hydrogens (tertiary/aromatic N) is 3. The first-order chi connectivity index (χ1) is 13.1. The second-order valence-corrected chi connectivity index (χ2v) is 8.84. The molecule has 4 rings (SSSR count). The minimum absolute atomic E-state index is 0.000684. The molecule has 6 nitrogen and oxygen atoms in total. The van der Waals surface area contributed by atoms with Crippen LogP contribution in [0, 0.1) is 0 Å². The fraction of sp³-hybridized carbons (Fsp3) is 0.810. The number of hydrogen-bond acceptors (Lipinski definition) is 5. The third-order valence-electron chi connectivity index (χ3n) is 6.65. The monoisotopic (exact) mass is 375 g/mol. The van der Waals surface area contributed by atoms with E-state index in [1.807, 2.05) is 6.07 Å². The molecule has 0 aliphatic carbocycles. The summed E-state index contributed by atoms with van der Waals surface area (Å²) in [6.45, 7) is 9.09. The van der Waals surface area contributed by atoms with E-state index in [2.05, 4.69) is 28.8 Å². The lowest BCUT2D eigenvalue weighted by Gasteiger charge is -2.38. The Morgan fingerprint density at radius 3 is 2.74 bits per heavy atom. The molecule has 1 aromatic rings. The highest BCUT2D eigenvalue weighted by Crippen LogP contribution is 2.39. The predicted octanol–water partition coefficient (Wildman–Crippen LogP) is 3.44. The molecule has 3 fully saturated rings. The van der Waals surface area contributed by atoms with Crippen molar-refractivity contribution in [3.63, 3.8) is 0 Å². The van der Waals surface area contributed by atoms with Gasteiger partial charge in [-0.1, -0.05) is 19.0 Å². The Morgan fingerprint density at radius 1 is 1.22 bits per heavy atom. The highest BCUT2D eigenvalue weighted by Gasteiger charge is 2.45. The summed E-state index contributed by atoms with van der Waals surface area (Å²) in [5.74, 6) is 1.08. The molecule has 0 unspecified atom stereocenters. The van der Waals surface area contributed by atoms with Crippen molar-refractivity contribution < 1.29 is 14.1 Å². The maximum absolute atomic E-state index is 13.2. The maximum Gasteiger partial charge on any atom is 0.276 e. The lowest BCUT2D eigenvalue weighted by Crippen LogP contribution is -2.48. The van der Waals surface area contributed by atoms with Crippen molar-refractivity contribution in [3.8, 4) is 0 Å². The summed E-state index contributed by atoms with van der Waals surface area (Å²) in [6.07, 6.45) is 8.29. The average molecular weight is 376 g/mol. The predicted molar refractivity (Wildman–Crippen MR) is 103 cm³/mol. The van der Waals surface area contributed by atoms with Crippen LogP contribution in [0.5, 0.6) is 0 Å². The maximum atomic E-state index is 13.2. The molecule has 4 heterocycles. The molecular weight excluding hydrogens is 342 g/mol. The first-order valence-electron chi connectivity index (χ1n) is 10.7. The van der Waals surface area contributed by atoms with E-state index in [0.717, 1.165) is 70.7 Å². The summed E-state index contributed by atoms with van der Waals surface area (Å²) in [6, 6.07) is 1.83. The van der Waals surface area contributed by atoms with Crippen molar-refractivity contribution in [1.29, 1.82) is 0 Å². The fourth-order valence-electron chi connectivity index (χ4n) is 5.07. The van der Waals surface area contributed by atoms with Gasteiger partial charge in [0.2, 0.25) is 0 Å². The highest BCUT2D eigenvalue weighted by atomic mass is 16.5. The zero-order valence-electron chi connectivity index (χ0n) is 16.8. The summed E-state index contributed by atoms with van der Waals surface area (Å²) in [5, 5.41) is 4.07. The Balaban J connectivity index is 1.43. The molecule has 0 saturated carbocycles. The van der Waals surface area contributed by atoms with Gasteiger partial charge in [-0.3, -0.25) is 4.79 Å². The van der Waals surface area contributed by atoms with Gasteiger partial charge in [0, 0.05) is 43.8 Å². The first kappa shape index (κ1) is 18.9. The summed E-state index contributed by atoms with van der Waals surface area (Å²) < 4.78 is 11.2. The van der Waals surface area contributed by atoms with Crippen molar-refractivity contribution in [2.45, 2.75) is 76.4 Å². The summed E-state index contributed by atoms with van der Waals surface area (Å²) in [7, 11) is 0. The molecule has 1 amide bonds. The lowest BCUT2D eigenvalue weighted by atomic mass is 9.87. The van der Waals surface area contributed by atoms with Gasteiger partial charge < -0.3 is 19.1 Å². The standard InChI is InChI=1S/C21H33N3O3/c1-16(2)19-14-18(22-27-19)20(25)24-11-5-8-21(24)7-4-10-23(12-9-21)15-17-6-3-13-26-17/h14,16-17H,3-13,15H2,1-2H3/t17-,21+/m0/s1. The molecule has 0 aromatic carbocycles. The zero-order chi connectivity index (χ0) is 18.9. The van der Waals surface area contributed by atoms with Crippen LogP contribution in [0.15, 0.2) is 10.6 Å². The molecule has 0 N–H and O–H groups in total. The molecule has 150 valence electrons. The second kappa shape index (κ2) is 7.92. The topological polar surface area (TPSA) is 58.8 Å². The molecule has 3 aliphatic rings. The zero-order valence-corrected chi connectivity index (χ0v) is 16.8. The molecular formula is C21H33N3O3. The first-order valence-corrected chi connectivity index (χ1v) is 10.7. The van der Waals surface area contributed by atoms with E-state index in [-0.39, 0.29) is 17.4 Å². The van der Waals surface area contributed by atoms with Gasteiger partial charge in [-0.25, -0.2) is 0 Å². The van der Waals surface area contributed by atoms with Crippen LogP contribution < -0.4 is 0 Å². The number of amides is 1. The Hall–Kier alpha value is -1.40. The van der Waals surface area contributed by atoms with Gasteiger partial charge in [0.15, 0.2) is 5.69 Å². The molecule has 6 heteroatoms. The van der Waals surface area contributed by atoms with Gasteiger partial charge in [0.25, 0.3) is 5.91 Å². The van der Waals surface area contributed by atoms with Crippen molar-refractivity contribution >= 4 is 5.91 Å². The number of hydrogen-bond donors (Lipinski definition) is 0. The van der Waals surface area contributed by atoms with Crippen LogP contribution in [-0.2, 0) is 4.74 Å². The number of ether oxygens (including phenoxy) is 1. The minimum atomic E-state index is -0.000684. The van der Waals surface area contributed by atoms with Crippen molar-refractivity contribution in [3.05, 3.63) is 17.5 Å². The summed E-state index contributed by atoms with van der Waals surface area (Å²) in [4.78, 5) is 17.9.